The lowest BCUT2D eigenvalue weighted by Crippen LogP contribution is -2.27. The Balaban J connectivity index is 4.05. The molecule has 3 N–H and O–H groups in total. The Labute approximate surface area is 333 Å². The molecule has 0 spiro atoms. The van der Waals surface area contributed by atoms with Gasteiger partial charge in [-0.2, -0.15) is 0 Å². The van der Waals surface area contributed by atoms with Gasteiger partial charge in [-0.25, -0.2) is 4.57 Å². The van der Waals surface area contributed by atoms with Crippen LogP contribution in [0.5, 0.6) is 0 Å². The molecule has 0 heterocycles. The molecule has 0 radical (unpaired) electrons. The number of carbonyl (C=O) groups excluding carboxylic acids is 1. The van der Waals surface area contributed by atoms with E-state index >= 15 is 0 Å². The normalized spacial score (nSPS) is 13.7. The van der Waals surface area contributed by atoms with Gasteiger partial charge in [0.1, 0.15) is 6.61 Å². The third-order valence-corrected chi connectivity index (χ3v) is 10.6. The summed E-state index contributed by atoms with van der Waals surface area (Å²) in [5.74, 6) is -0.355. The number of nitrogens with two attached hydrogens (primary N) is 1. The van der Waals surface area contributed by atoms with Gasteiger partial charge in [-0.3, -0.25) is 13.8 Å². The minimum Gasteiger partial charge on any atom is -0.498 e. The van der Waals surface area contributed by atoms with E-state index in [0.29, 0.717) is 6.42 Å². The summed E-state index contributed by atoms with van der Waals surface area (Å²) >= 11 is 0. The second-order valence-electron chi connectivity index (χ2n) is 15.0. The summed E-state index contributed by atoms with van der Waals surface area (Å²) in [5.41, 5.74) is 5.37. The molecule has 9 heteroatoms. The lowest BCUT2D eigenvalue weighted by atomic mass is 10.0. The van der Waals surface area contributed by atoms with Crippen LogP contribution in [0.3, 0.4) is 0 Å². The largest absolute Gasteiger partial charge is 0.498 e. The number of ether oxygens (including phenoxy) is 2. The van der Waals surface area contributed by atoms with E-state index in [0.717, 1.165) is 38.5 Å². The molecule has 0 aliphatic carbocycles. The fourth-order valence-electron chi connectivity index (χ4n) is 6.29. The van der Waals surface area contributed by atoms with Crippen molar-refractivity contribution in [3.05, 3.63) is 36.6 Å². The molecule has 1 unspecified atom stereocenters. The molecule has 0 aromatic carbocycles. The lowest BCUT2D eigenvalue weighted by molar-refractivity contribution is -0.153. The van der Waals surface area contributed by atoms with E-state index in [9.17, 15) is 14.3 Å². The Morgan fingerprint density at radius 1 is 0.574 bits per heavy atom. The summed E-state index contributed by atoms with van der Waals surface area (Å²) in [6.07, 6.45) is 49.7. The van der Waals surface area contributed by atoms with Crippen molar-refractivity contribution >= 4 is 13.8 Å². The topological polar surface area (TPSA) is 117 Å². The fourth-order valence-corrected chi connectivity index (χ4v) is 7.05. The van der Waals surface area contributed by atoms with Crippen molar-refractivity contribution in [3.63, 3.8) is 0 Å². The molecule has 2 atom stereocenters. The Morgan fingerprint density at radius 2 is 1.00 bits per heavy atom. The maximum atomic E-state index is 12.6. The molecule has 0 saturated carbocycles. The minimum atomic E-state index is -4.29. The molecule has 0 saturated heterocycles. The zero-order valence-corrected chi connectivity index (χ0v) is 36.1. The van der Waals surface area contributed by atoms with E-state index < -0.39 is 13.9 Å². The average molecular weight is 784 g/mol. The number of phosphoric ester groups is 1. The molecule has 0 aromatic heterocycles. The Morgan fingerprint density at radius 3 is 1.50 bits per heavy atom. The van der Waals surface area contributed by atoms with Gasteiger partial charge in [0, 0.05) is 13.0 Å². The van der Waals surface area contributed by atoms with Crippen LogP contribution in [0.1, 0.15) is 213 Å². The number of hydrogen-bond acceptors (Lipinski definition) is 7. The summed E-state index contributed by atoms with van der Waals surface area (Å²) in [5, 5.41) is 0. The van der Waals surface area contributed by atoms with Crippen molar-refractivity contribution in [1.29, 1.82) is 0 Å². The van der Waals surface area contributed by atoms with Crippen LogP contribution in [0.25, 0.3) is 0 Å². The number of hydrogen-bond donors (Lipinski definition) is 2. The molecule has 318 valence electrons. The predicted octanol–water partition coefficient (Wildman–Crippen LogP) is 13.8. The third kappa shape index (κ3) is 41.7. The van der Waals surface area contributed by atoms with Gasteiger partial charge in [0.15, 0.2) is 6.10 Å². The lowest BCUT2D eigenvalue weighted by Gasteiger charge is -2.19. The van der Waals surface area contributed by atoms with Gasteiger partial charge in [-0.15, -0.1) is 0 Å². The number of phosphoric acid groups is 1. The van der Waals surface area contributed by atoms with E-state index in [1.54, 1.807) is 6.26 Å². The summed E-state index contributed by atoms with van der Waals surface area (Å²) in [6, 6.07) is 0. The molecule has 0 amide bonds. The van der Waals surface area contributed by atoms with Crippen LogP contribution < -0.4 is 5.73 Å². The molecule has 0 bridgehead atoms. The van der Waals surface area contributed by atoms with Crippen molar-refractivity contribution in [3.8, 4) is 0 Å². The zero-order chi connectivity index (χ0) is 39.5. The smallest absolute Gasteiger partial charge is 0.472 e. The Bertz CT molecular complexity index is 926. The maximum Gasteiger partial charge on any atom is 0.472 e. The standard InChI is InChI=1S/C45H86NO7P/c1-3-5-7-9-11-13-15-17-19-21-22-23-24-26-28-30-32-34-36-38-45(47)53-44(43-52-54(48,49)51-41-39-46)42-50-40-37-35-33-31-29-27-25-20-18-16-14-12-10-8-6-4-2/h11,13,17,19,37,40,44H,3-10,12,14-16,18,20-36,38-39,41-43,46H2,1-2H3,(H,48,49)/b13-11+,19-17+,40-37+/t44-/m1/s1. The monoisotopic (exact) mass is 784 g/mol. The van der Waals surface area contributed by atoms with Crippen molar-refractivity contribution < 1.29 is 32.8 Å². The molecule has 0 aliphatic heterocycles. The highest BCUT2D eigenvalue weighted by molar-refractivity contribution is 7.47. The van der Waals surface area contributed by atoms with E-state index in [2.05, 4.69) is 38.2 Å². The SMILES string of the molecule is CCCCC/C=C/C/C=C/CCCCCCCCCCCC(=O)O[C@H](CO/C=C/CCCCCCCCCCCCCCCC)COP(=O)(O)OCCN. The second kappa shape index (κ2) is 42.7. The summed E-state index contributed by atoms with van der Waals surface area (Å²) in [4.78, 5) is 22.5. The number of esters is 1. The fraction of sp³-hybridized carbons (Fsp3) is 0.844. The van der Waals surface area contributed by atoms with E-state index in [-0.39, 0.29) is 32.3 Å². The molecule has 0 fully saturated rings. The molecule has 0 aliphatic rings. The van der Waals surface area contributed by atoms with Crippen molar-refractivity contribution in [2.75, 3.05) is 26.4 Å². The van der Waals surface area contributed by atoms with Gasteiger partial charge in [0.2, 0.25) is 0 Å². The molecular formula is C45H86NO7P. The summed E-state index contributed by atoms with van der Waals surface area (Å²) in [6.45, 7) is 4.23. The highest BCUT2D eigenvalue weighted by Gasteiger charge is 2.25. The Kier molecular flexibility index (Phi) is 41.6. The highest BCUT2D eigenvalue weighted by Crippen LogP contribution is 2.43. The van der Waals surface area contributed by atoms with Gasteiger partial charge >= 0.3 is 13.8 Å². The summed E-state index contributed by atoms with van der Waals surface area (Å²) < 4.78 is 33.2. The average Bonchev–Trinajstić information content (AvgIpc) is 3.16. The van der Waals surface area contributed by atoms with Crippen LogP contribution in [-0.2, 0) is 27.9 Å². The number of rotatable bonds is 43. The third-order valence-electron chi connectivity index (χ3n) is 9.62. The first-order chi connectivity index (χ1) is 26.4. The van der Waals surface area contributed by atoms with E-state index in [4.69, 9.17) is 24.3 Å². The first-order valence-corrected chi connectivity index (χ1v) is 24.0. The summed E-state index contributed by atoms with van der Waals surface area (Å²) in [7, 11) is -4.29. The zero-order valence-electron chi connectivity index (χ0n) is 35.2. The first-order valence-electron chi connectivity index (χ1n) is 22.5. The van der Waals surface area contributed by atoms with Crippen LogP contribution in [0.15, 0.2) is 36.6 Å². The minimum absolute atomic E-state index is 0.0324. The van der Waals surface area contributed by atoms with Gasteiger partial charge in [-0.05, 0) is 57.4 Å². The van der Waals surface area contributed by atoms with Crippen LogP contribution in [0.2, 0.25) is 0 Å². The van der Waals surface area contributed by atoms with Crippen molar-refractivity contribution in [2.45, 2.75) is 219 Å². The maximum absolute atomic E-state index is 12.6. The predicted molar refractivity (Wildman–Crippen MR) is 229 cm³/mol. The quantitative estimate of drug-likeness (QED) is 0.0206. The first kappa shape index (κ1) is 52.6. The van der Waals surface area contributed by atoms with Crippen LogP contribution in [0, 0.1) is 0 Å². The highest BCUT2D eigenvalue weighted by atomic mass is 31.2. The molecule has 0 aromatic rings. The molecule has 0 rings (SSSR count). The number of carbonyl (C=O) groups is 1. The van der Waals surface area contributed by atoms with Crippen LogP contribution in [-0.4, -0.2) is 43.3 Å². The second-order valence-corrected chi connectivity index (χ2v) is 16.4. The van der Waals surface area contributed by atoms with E-state index in [1.807, 2.05) is 6.08 Å². The van der Waals surface area contributed by atoms with Crippen LogP contribution in [0.4, 0.5) is 0 Å². The number of allylic oxidation sites excluding steroid dienone is 5. The molecule has 8 nitrogen and oxygen atoms in total. The van der Waals surface area contributed by atoms with Gasteiger partial charge < -0.3 is 20.1 Å². The van der Waals surface area contributed by atoms with Crippen molar-refractivity contribution in [2.24, 2.45) is 5.73 Å². The van der Waals surface area contributed by atoms with Gasteiger partial charge in [0.25, 0.3) is 0 Å². The molecular weight excluding hydrogens is 697 g/mol. The van der Waals surface area contributed by atoms with Gasteiger partial charge in [-0.1, -0.05) is 179 Å². The van der Waals surface area contributed by atoms with Crippen LogP contribution >= 0.6 is 7.82 Å². The van der Waals surface area contributed by atoms with Gasteiger partial charge in [0.05, 0.1) is 19.5 Å². The van der Waals surface area contributed by atoms with Crippen molar-refractivity contribution in [1.82, 2.24) is 0 Å². The Hall–Kier alpha value is -1.44. The van der Waals surface area contributed by atoms with E-state index in [1.165, 1.54) is 154 Å². The number of unbranched alkanes of at least 4 members (excludes halogenated alkanes) is 26. The molecule has 54 heavy (non-hydrogen) atoms.